The first-order valence-corrected chi connectivity index (χ1v) is 22.6. The average molecular weight is 873 g/mol. The van der Waals surface area contributed by atoms with Gasteiger partial charge >= 0.3 is 6.09 Å². The summed E-state index contributed by atoms with van der Waals surface area (Å²) in [5.41, 5.74) is -0.302. The highest BCUT2D eigenvalue weighted by Crippen LogP contribution is 2.46. The molecule has 3 heterocycles. The molecule has 16 nitrogen and oxygen atoms in total. The molecule has 0 spiro atoms. The van der Waals surface area contributed by atoms with E-state index in [-0.39, 0.29) is 38.3 Å². The number of carbonyl (C=O) groups is 5. The maximum Gasteiger partial charge on any atom is 0.407 e. The van der Waals surface area contributed by atoms with Crippen LogP contribution in [0.2, 0.25) is 0 Å². The Morgan fingerprint density at radius 1 is 1.06 bits per heavy atom. The Hall–Kier alpha value is -5.71. The van der Waals surface area contributed by atoms with E-state index in [2.05, 4.69) is 16.6 Å². The molecule has 0 bridgehead atoms. The summed E-state index contributed by atoms with van der Waals surface area (Å²) in [6, 6.07) is 15.2. The van der Waals surface area contributed by atoms with Crippen LogP contribution < -0.4 is 19.5 Å². The third kappa shape index (κ3) is 9.22. The van der Waals surface area contributed by atoms with Gasteiger partial charge in [-0.15, -0.1) is 6.58 Å². The number of aromatic nitrogens is 1. The summed E-state index contributed by atoms with van der Waals surface area (Å²) in [6.45, 7) is 9.91. The number of carbonyl (C=O) groups excluding carboxylic acids is 4. The minimum Gasteiger partial charge on any atom is -0.497 e. The number of sulfonamides is 1. The highest BCUT2D eigenvalue weighted by molar-refractivity contribution is 7.91. The van der Waals surface area contributed by atoms with Gasteiger partial charge in [0, 0.05) is 62.0 Å². The number of fused-ring (bicyclic) bond motifs is 1. The van der Waals surface area contributed by atoms with Gasteiger partial charge in [-0.1, -0.05) is 57.2 Å². The number of hydrogen-bond donors (Lipinski definition) is 3. The number of piperidine rings is 1. The van der Waals surface area contributed by atoms with Gasteiger partial charge in [-0.05, 0) is 49.7 Å². The Labute approximate surface area is 362 Å². The Kier molecular flexibility index (Phi) is 12.3. The summed E-state index contributed by atoms with van der Waals surface area (Å²) in [6.07, 6.45) is 1.69. The highest BCUT2D eigenvalue weighted by Gasteiger charge is 2.62. The van der Waals surface area contributed by atoms with Crippen LogP contribution in [0.25, 0.3) is 22.2 Å². The van der Waals surface area contributed by atoms with Crippen molar-refractivity contribution in [2.45, 2.75) is 94.7 Å². The smallest absolute Gasteiger partial charge is 0.407 e. The highest BCUT2D eigenvalue weighted by atomic mass is 32.2. The van der Waals surface area contributed by atoms with E-state index in [1.54, 1.807) is 24.1 Å². The second-order valence-corrected chi connectivity index (χ2v) is 20.0. The van der Waals surface area contributed by atoms with E-state index in [1.807, 2.05) is 63.2 Å². The Bertz CT molecular complexity index is 2370. The van der Waals surface area contributed by atoms with Gasteiger partial charge in [-0.3, -0.25) is 23.9 Å². The maximum atomic E-state index is 15.0. The summed E-state index contributed by atoms with van der Waals surface area (Å²) < 4.78 is 40.1. The number of nitrogens with one attached hydrogen (secondary N) is 2. The van der Waals surface area contributed by atoms with Gasteiger partial charge in [0.05, 0.1) is 42.1 Å². The van der Waals surface area contributed by atoms with Crippen LogP contribution in [0.5, 0.6) is 11.5 Å². The van der Waals surface area contributed by atoms with Crippen molar-refractivity contribution >= 4 is 50.6 Å². The topological polar surface area (TPSA) is 205 Å². The zero-order valence-electron chi connectivity index (χ0n) is 35.8. The lowest BCUT2D eigenvalue weighted by atomic mass is 9.77. The average Bonchev–Trinajstić information content (AvgIpc) is 4.18. The van der Waals surface area contributed by atoms with E-state index in [1.165, 1.54) is 22.9 Å². The summed E-state index contributed by atoms with van der Waals surface area (Å²) >= 11 is 0. The lowest BCUT2D eigenvalue weighted by molar-refractivity contribution is -0.149. The standard InChI is InChI=1S/C45H56N6O10S/c1-7-28-24-45(28,42(55)48-62(58,59)32-16-17-32)47-40(53)37-21-31(61-38-23-35(27-12-9-8-10-13-27)46-36-20-30(60-6)15-18-33(36)38)26-51(37)41(54)34(44(2,3)4)22-39(52)50-19-11-14-29(25-50)49(5)43(56)57/h7-10,12-13,15,18,20,23,28-29,31-32,34,37H,1,11,14,16-17,19,21-22,24-26H2,2-6H3,(H,47,53)(H,48,55)(H,56,57)/t28-,29?,31-,34-,37+,45-/m1/s1. The fourth-order valence-electron chi connectivity index (χ4n) is 8.65. The first-order valence-electron chi connectivity index (χ1n) is 21.1. The number of likely N-dealkylation sites (tertiary alicyclic amines) is 2. The van der Waals surface area contributed by atoms with Crippen molar-refractivity contribution < 1.29 is 47.0 Å². The molecule has 5 amide bonds. The molecule has 1 unspecified atom stereocenters. The summed E-state index contributed by atoms with van der Waals surface area (Å²) in [4.78, 5) is 78.3. The molecule has 332 valence electrons. The minimum atomic E-state index is -3.94. The van der Waals surface area contributed by atoms with Gasteiger partial charge in [-0.2, -0.15) is 0 Å². The van der Waals surface area contributed by atoms with E-state index in [4.69, 9.17) is 14.5 Å². The number of hydrogen-bond acceptors (Lipinski definition) is 10. The van der Waals surface area contributed by atoms with Crippen LogP contribution in [0, 0.1) is 17.3 Å². The van der Waals surface area contributed by atoms with Crippen molar-refractivity contribution in [2.24, 2.45) is 17.3 Å². The van der Waals surface area contributed by atoms with E-state index in [0.29, 0.717) is 60.3 Å². The fraction of sp³-hybridized carbons (Fsp3) is 0.511. The monoisotopic (exact) mass is 872 g/mol. The SMILES string of the molecule is C=C[C@@H]1C[C@]1(NC(=O)[C@@H]1C[C@@H](Oc2cc(-c3ccccc3)nc3cc(OC)ccc23)CN1C(=O)[C@@H](CC(=O)N1CCCC(N(C)C(=O)O)C1)C(C)(C)C)C(=O)NS(=O)(=O)C1CC1. The number of carboxylic acid groups (broad SMARTS) is 1. The largest absolute Gasteiger partial charge is 0.497 e. The second-order valence-electron chi connectivity index (χ2n) is 18.1. The first-order chi connectivity index (χ1) is 29.3. The number of pyridine rings is 1. The number of benzene rings is 2. The van der Waals surface area contributed by atoms with Crippen LogP contribution in [0.4, 0.5) is 4.79 Å². The van der Waals surface area contributed by atoms with Crippen molar-refractivity contribution in [1.29, 1.82) is 0 Å². The van der Waals surface area contributed by atoms with Gasteiger partial charge in [-0.25, -0.2) is 18.2 Å². The van der Waals surface area contributed by atoms with Crippen LogP contribution in [0.1, 0.15) is 65.7 Å². The third-order valence-corrected chi connectivity index (χ3v) is 14.6. The molecule has 3 aromatic rings. The molecule has 2 saturated heterocycles. The summed E-state index contributed by atoms with van der Waals surface area (Å²) in [5, 5.41) is 12.4. The predicted molar refractivity (Wildman–Crippen MR) is 230 cm³/mol. The van der Waals surface area contributed by atoms with Gasteiger partial charge in [0.25, 0.3) is 5.91 Å². The van der Waals surface area contributed by atoms with Gasteiger partial charge in [0.2, 0.25) is 27.7 Å². The molecule has 0 radical (unpaired) electrons. The molecule has 2 saturated carbocycles. The third-order valence-electron chi connectivity index (χ3n) is 12.8. The molecule has 2 aliphatic carbocycles. The Morgan fingerprint density at radius 3 is 2.42 bits per heavy atom. The van der Waals surface area contributed by atoms with Crippen LogP contribution >= 0.6 is 0 Å². The first kappa shape index (κ1) is 44.3. The molecule has 1 aromatic heterocycles. The molecule has 2 aliphatic heterocycles. The fourth-order valence-corrected chi connectivity index (χ4v) is 10.0. The number of nitrogens with zero attached hydrogens (tertiary/aromatic N) is 4. The summed E-state index contributed by atoms with van der Waals surface area (Å²) in [5.74, 6) is -2.71. The van der Waals surface area contributed by atoms with Crippen molar-refractivity contribution in [3.63, 3.8) is 0 Å². The predicted octanol–water partition coefficient (Wildman–Crippen LogP) is 4.58. The van der Waals surface area contributed by atoms with Crippen molar-refractivity contribution in [1.82, 2.24) is 29.7 Å². The molecule has 4 fully saturated rings. The minimum absolute atomic E-state index is 0.00911. The van der Waals surface area contributed by atoms with Gasteiger partial charge in [0.15, 0.2) is 0 Å². The number of rotatable bonds is 14. The van der Waals surface area contributed by atoms with Crippen LogP contribution in [0.15, 0.2) is 67.3 Å². The molecule has 7 rings (SSSR count). The number of ether oxygens (including phenoxy) is 2. The number of amides is 5. The van der Waals surface area contributed by atoms with Crippen LogP contribution in [-0.2, 0) is 29.2 Å². The second kappa shape index (κ2) is 17.2. The Balaban J connectivity index is 1.20. The summed E-state index contributed by atoms with van der Waals surface area (Å²) in [7, 11) is -0.900. The van der Waals surface area contributed by atoms with E-state index >= 15 is 4.79 Å². The lowest BCUT2D eigenvalue weighted by Crippen LogP contribution is -2.57. The molecular weight excluding hydrogens is 817 g/mol. The van der Waals surface area contributed by atoms with E-state index in [9.17, 15) is 32.7 Å². The normalized spacial score (nSPS) is 24.1. The van der Waals surface area contributed by atoms with Crippen LogP contribution in [0.3, 0.4) is 0 Å². The Morgan fingerprint density at radius 2 is 1.79 bits per heavy atom. The molecule has 17 heteroatoms. The zero-order valence-corrected chi connectivity index (χ0v) is 36.7. The lowest BCUT2D eigenvalue weighted by Gasteiger charge is -2.39. The molecule has 2 aromatic carbocycles. The van der Waals surface area contributed by atoms with Gasteiger partial charge in [0.1, 0.15) is 29.2 Å². The molecule has 4 aliphatic rings. The number of methoxy groups -OCH3 is 1. The van der Waals surface area contributed by atoms with Gasteiger partial charge < -0.3 is 34.6 Å². The molecular formula is C45H56N6O10S. The van der Waals surface area contributed by atoms with Crippen LogP contribution in [-0.4, -0.2) is 126 Å². The van der Waals surface area contributed by atoms with E-state index < -0.39 is 80.1 Å². The molecule has 3 N–H and O–H groups in total. The van der Waals surface area contributed by atoms with E-state index in [0.717, 1.165) is 5.56 Å². The molecule has 62 heavy (non-hydrogen) atoms. The van der Waals surface area contributed by atoms with Crippen molar-refractivity contribution in [3.05, 3.63) is 67.3 Å². The number of likely N-dealkylation sites (N-methyl/N-ethyl adjacent to an activating group) is 1. The van der Waals surface area contributed by atoms with Crippen molar-refractivity contribution in [2.75, 3.05) is 33.8 Å². The maximum absolute atomic E-state index is 15.0. The molecule has 6 atom stereocenters. The van der Waals surface area contributed by atoms with Crippen molar-refractivity contribution in [3.8, 4) is 22.8 Å². The quantitative estimate of drug-likeness (QED) is 0.191. The zero-order chi connectivity index (χ0) is 44.7.